The van der Waals surface area contributed by atoms with Crippen molar-refractivity contribution in [3.05, 3.63) is 23.7 Å². The zero-order chi connectivity index (χ0) is 10.7. The van der Waals surface area contributed by atoms with E-state index in [1.165, 1.54) is 12.0 Å². The summed E-state index contributed by atoms with van der Waals surface area (Å²) in [5.74, 6) is 1.12. The second-order valence-corrected chi connectivity index (χ2v) is 4.31. The van der Waals surface area contributed by atoms with Gasteiger partial charge in [0, 0.05) is 19.1 Å². The molecule has 1 aliphatic rings. The van der Waals surface area contributed by atoms with Crippen LogP contribution in [0, 0.1) is 6.92 Å². The summed E-state index contributed by atoms with van der Waals surface area (Å²) in [7, 11) is 0. The molecule has 3 nitrogen and oxygen atoms in total. The van der Waals surface area contributed by atoms with Crippen LogP contribution in [-0.4, -0.2) is 30.6 Å². The van der Waals surface area contributed by atoms with Crippen molar-refractivity contribution < 1.29 is 4.42 Å². The normalized spacial score (nSPS) is 17.0. The van der Waals surface area contributed by atoms with E-state index in [-0.39, 0.29) is 0 Å². The Hall–Kier alpha value is -0.800. The van der Waals surface area contributed by atoms with Gasteiger partial charge in [-0.3, -0.25) is 4.90 Å². The van der Waals surface area contributed by atoms with Crippen LogP contribution in [-0.2, 0) is 6.54 Å². The van der Waals surface area contributed by atoms with E-state index >= 15 is 0 Å². The van der Waals surface area contributed by atoms with Gasteiger partial charge in [0.25, 0.3) is 0 Å². The van der Waals surface area contributed by atoms with Crippen molar-refractivity contribution in [1.82, 2.24) is 10.2 Å². The van der Waals surface area contributed by atoms with Gasteiger partial charge < -0.3 is 9.73 Å². The smallest absolute Gasteiger partial charge is 0.120 e. The molecule has 2 rings (SSSR count). The fraction of sp³-hybridized carbons (Fsp3) is 0.667. The van der Waals surface area contributed by atoms with Crippen molar-refractivity contribution in [2.45, 2.75) is 32.9 Å². The second kappa shape index (κ2) is 4.81. The first kappa shape index (κ1) is 10.7. The third kappa shape index (κ3) is 2.41. The van der Waals surface area contributed by atoms with E-state index in [1.807, 2.05) is 6.07 Å². The summed E-state index contributed by atoms with van der Waals surface area (Å²) in [6.07, 6.45) is 2.99. The second-order valence-electron chi connectivity index (χ2n) is 4.31. The van der Waals surface area contributed by atoms with E-state index in [0.29, 0.717) is 6.04 Å². The van der Waals surface area contributed by atoms with E-state index in [2.05, 4.69) is 24.1 Å². The van der Waals surface area contributed by atoms with Gasteiger partial charge in [0.05, 0.1) is 12.8 Å². The minimum absolute atomic E-state index is 0.703. The van der Waals surface area contributed by atoms with Crippen molar-refractivity contribution in [3.63, 3.8) is 0 Å². The van der Waals surface area contributed by atoms with Crippen LogP contribution in [0.2, 0.25) is 0 Å². The Morgan fingerprint density at radius 3 is 2.80 bits per heavy atom. The van der Waals surface area contributed by atoms with Crippen LogP contribution in [0.15, 0.2) is 16.7 Å². The van der Waals surface area contributed by atoms with Crippen molar-refractivity contribution in [1.29, 1.82) is 0 Å². The number of aryl methyl sites for hydroxylation is 1. The van der Waals surface area contributed by atoms with E-state index in [1.54, 1.807) is 6.26 Å². The van der Waals surface area contributed by atoms with Gasteiger partial charge in [-0.25, -0.2) is 0 Å². The molecule has 15 heavy (non-hydrogen) atoms. The topological polar surface area (TPSA) is 28.4 Å². The third-order valence-electron chi connectivity index (χ3n) is 3.10. The largest absolute Gasteiger partial charge is 0.468 e. The number of hydrogen-bond donors (Lipinski definition) is 1. The highest BCUT2D eigenvalue weighted by Gasteiger charge is 2.24. The van der Waals surface area contributed by atoms with Crippen LogP contribution in [0.3, 0.4) is 0 Å². The molecule has 1 aromatic heterocycles. The van der Waals surface area contributed by atoms with E-state index < -0.39 is 0 Å². The predicted molar refractivity (Wildman–Crippen MR) is 60.8 cm³/mol. The number of rotatable bonds is 5. The van der Waals surface area contributed by atoms with Crippen molar-refractivity contribution in [2.75, 3.05) is 19.6 Å². The molecule has 0 saturated carbocycles. The Balaban J connectivity index is 1.96. The first-order chi connectivity index (χ1) is 7.31. The van der Waals surface area contributed by atoms with Gasteiger partial charge in [-0.15, -0.1) is 0 Å². The maximum Gasteiger partial charge on any atom is 0.120 e. The lowest BCUT2D eigenvalue weighted by molar-refractivity contribution is 0.128. The molecule has 1 saturated heterocycles. The Morgan fingerprint density at radius 1 is 1.53 bits per heavy atom. The van der Waals surface area contributed by atoms with Crippen LogP contribution in [0.25, 0.3) is 0 Å². The molecule has 1 aliphatic heterocycles. The molecule has 84 valence electrons. The summed E-state index contributed by atoms with van der Waals surface area (Å²) in [5, 5.41) is 3.32. The molecule has 1 N–H and O–H groups in total. The summed E-state index contributed by atoms with van der Waals surface area (Å²) < 4.78 is 5.50. The summed E-state index contributed by atoms with van der Waals surface area (Å²) in [6.45, 7) is 8.71. The summed E-state index contributed by atoms with van der Waals surface area (Å²) >= 11 is 0. The summed E-state index contributed by atoms with van der Waals surface area (Å²) in [5.41, 5.74) is 1.27. The lowest BCUT2D eigenvalue weighted by atomic mass is 10.1. The van der Waals surface area contributed by atoms with Gasteiger partial charge in [0.1, 0.15) is 5.76 Å². The Bertz CT molecular complexity index is 304. The van der Waals surface area contributed by atoms with Crippen molar-refractivity contribution >= 4 is 0 Å². The van der Waals surface area contributed by atoms with Gasteiger partial charge in [-0.1, -0.05) is 6.92 Å². The molecule has 0 aliphatic carbocycles. The summed E-state index contributed by atoms with van der Waals surface area (Å²) in [6, 6.07) is 2.74. The third-order valence-corrected chi connectivity index (χ3v) is 3.10. The molecular formula is C12H20N2O. The maximum absolute atomic E-state index is 5.50. The zero-order valence-corrected chi connectivity index (χ0v) is 9.62. The van der Waals surface area contributed by atoms with Crippen LogP contribution in [0.5, 0.6) is 0 Å². The highest BCUT2D eigenvalue weighted by molar-refractivity contribution is 5.14. The number of hydrogen-bond acceptors (Lipinski definition) is 3. The van der Waals surface area contributed by atoms with E-state index in [4.69, 9.17) is 4.42 Å². The molecule has 1 aromatic rings. The average Bonchev–Trinajstić information content (AvgIpc) is 2.49. The molecule has 0 unspecified atom stereocenters. The maximum atomic E-state index is 5.50. The highest BCUT2D eigenvalue weighted by atomic mass is 16.3. The fourth-order valence-electron chi connectivity index (χ4n) is 1.96. The minimum atomic E-state index is 0.703. The molecule has 0 aromatic carbocycles. The molecular weight excluding hydrogens is 188 g/mol. The lowest BCUT2D eigenvalue weighted by Gasteiger charge is -2.37. The minimum Gasteiger partial charge on any atom is -0.468 e. The van der Waals surface area contributed by atoms with Crippen LogP contribution < -0.4 is 5.32 Å². The van der Waals surface area contributed by atoms with Gasteiger partial charge in [0.2, 0.25) is 0 Å². The first-order valence-electron chi connectivity index (χ1n) is 5.79. The Kier molecular flexibility index (Phi) is 3.44. The van der Waals surface area contributed by atoms with Gasteiger partial charge in [-0.2, -0.15) is 0 Å². The standard InChI is InChI=1S/C12H20N2O/c1-3-5-14(11-7-13-8-11)9-12-10(2)4-6-15-12/h4,6,11,13H,3,5,7-9H2,1-2H3. The molecule has 0 atom stereocenters. The van der Waals surface area contributed by atoms with Crippen LogP contribution >= 0.6 is 0 Å². The van der Waals surface area contributed by atoms with Crippen LogP contribution in [0.4, 0.5) is 0 Å². The predicted octanol–water partition coefficient (Wildman–Crippen LogP) is 1.77. The highest BCUT2D eigenvalue weighted by Crippen LogP contribution is 2.15. The Morgan fingerprint density at radius 2 is 2.33 bits per heavy atom. The first-order valence-corrected chi connectivity index (χ1v) is 5.79. The number of furan rings is 1. The molecule has 0 bridgehead atoms. The van der Waals surface area contributed by atoms with Gasteiger partial charge in [-0.05, 0) is 31.5 Å². The fourth-order valence-corrected chi connectivity index (χ4v) is 1.96. The SMILES string of the molecule is CCCN(Cc1occc1C)C1CNC1. The quantitative estimate of drug-likeness (QED) is 0.799. The average molecular weight is 208 g/mol. The van der Waals surface area contributed by atoms with E-state index in [9.17, 15) is 0 Å². The van der Waals surface area contributed by atoms with E-state index in [0.717, 1.165) is 31.9 Å². The molecule has 0 radical (unpaired) electrons. The summed E-state index contributed by atoms with van der Waals surface area (Å²) in [4.78, 5) is 2.52. The zero-order valence-electron chi connectivity index (χ0n) is 9.62. The lowest BCUT2D eigenvalue weighted by Crippen LogP contribution is -2.56. The van der Waals surface area contributed by atoms with Crippen molar-refractivity contribution in [3.8, 4) is 0 Å². The number of nitrogens with one attached hydrogen (secondary N) is 1. The van der Waals surface area contributed by atoms with Gasteiger partial charge >= 0.3 is 0 Å². The molecule has 0 spiro atoms. The molecule has 0 amide bonds. The molecule has 3 heteroatoms. The Labute approximate surface area is 91.4 Å². The van der Waals surface area contributed by atoms with Crippen molar-refractivity contribution in [2.24, 2.45) is 0 Å². The molecule has 1 fully saturated rings. The van der Waals surface area contributed by atoms with Crippen LogP contribution in [0.1, 0.15) is 24.7 Å². The number of nitrogens with zero attached hydrogens (tertiary/aromatic N) is 1. The monoisotopic (exact) mass is 208 g/mol. The van der Waals surface area contributed by atoms with Gasteiger partial charge in [0.15, 0.2) is 0 Å². The molecule has 2 heterocycles.